The van der Waals surface area contributed by atoms with Crippen molar-refractivity contribution in [2.75, 3.05) is 0 Å². The lowest BCUT2D eigenvalue weighted by Gasteiger charge is -2.01. The van der Waals surface area contributed by atoms with Crippen LogP contribution in [0.15, 0.2) is 24.4 Å². The fourth-order valence-electron chi connectivity index (χ4n) is 1.42. The number of benzene rings is 1. The topological polar surface area (TPSA) is 52.5 Å². The summed E-state index contributed by atoms with van der Waals surface area (Å²) in [5.41, 5.74) is 3.43. The second-order valence-electron chi connectivity index (χ2n) is 3.22. The van der Waals surface area contributed by atoms with E-state index in [-0.39, 0.29) is 0 Å². The summed E-state index contributed by atoms with van der Waals surface area (Å²) in [5, 5.41) is 16.0. The smallest absolute Gasteiger partial charge is 0.101 e. The van der Waals surface area contributed by atoms with Gasteiger partial charge in [-0.05, 0) is 24.6 Å². The monoisotopic (exact) mass is 217 g/mol. The molecule has 0 aliphatic carbocycles. The average Bonchev–Trinajstić information content (AvgIpc) is 2.64. The molecule has 2 aromatic rings. The fourth-order valence-corrected chi connectivity index (χ4v) is 1.64. The molecule has 0 amide bonds. The molecule has 0 radical (unpaired) electrons. The summed E-state index contributed by atoms with van der Waals surface area (Å²) in [6.07, 6.45) is 1.74. The van der Waals surface area contributed by atoms with Gasteiger partial charge in [-0.3, -0.25) is 5.10 Å². The SMILES string of the molecule is Cc1[nH]ncc1-c1ccc(C#N)c(Cl)c1. The molecule has 15 heavy (non-hydrogen) atoms. The minimum atomic E-state index is 0.468. The Bertz CT molecular complexity index is 537. The molecular weight excluding hydrogens is 210 g/mol. The van der Waals surface area contributed by atoms with Crippen LogP contribution in [0.3, 0.4) is 0 Å². The summed E-state index contributed by atoms with van der Waals surface area (Å²) >= 11 is 5.95. The third kappa shape index (κ3) is 1.72. The number of rotatable bonds is 1. The van der Waals surface area contributed by atoms with Gasteiger partial charge in [0.2, 0.25) is 0 Å². The van der Waals surface area contributed by atoms with Gasteiger partial charge in [-0.1, -0.05) is 17.7 Å². The first-order valence-electron chi connectivity index (χ1n) is 4.42. The molecule has 3 nitrogen and oxygen atoms in total. The Morgan fingerprint density at radius 1 is 1.47 bits per heavy atom. The lowest BCUT2D eigenvalue weighted by Crippen LogP contribution is -1.82. The van der Waals surface area contributed by atoms with E-state index >= 15 is 0 Å². The summed E-state index contributed by atoms with van der Waals surface area (Å²) in [5.74, 6) is 0. The molecule has 1 aromatic carbocycles. The standard InChI is InChI=1S/C11H8ClN3/c1-7-10(6-14-15-7)8-2-3-9(5-13)11(12)4-8/h2-4,6H,1H3,(H,14,15). The summed E-state index contributed by atoms with van der Waals surface area (Å²) in [6.45, 7) is 1.94. The molecule has 0 saturated carbocycles. The van der Waals surface area contributed by atoms with Crippen molar-refractivity contribution < 1.29 is 0 Å². The Hall–Kier alpha value is -1.79. The largest absolute Gasteiger partial charge is 0.282 e. The zero-order valence-electron chi connectivity index (χ0n) is 8.08. The van der Waals surface area contributed by atoms with Crippen LogP contribution in [0.1, 0.15) is 11.3 Å². The maximum atomic E-state index is 8.74. The van der Waals surface area contributed by atoms with Crippen molar-refractivity contribution in [3.05, 3.63) is 40.7 Å². The second kappa shape index (κ2) is 3.76. The fraction of sp³-hybridized carbons (Fsp3) is 0.0909. The summed E-state index contributed by atoms with van der Waals surface area (Å²) in [6, 6.07) is 7.38. The number of aryl methyl sites for hydroxylation is 1. The van der Waals surface area contributed by atoms with Crippen LogP contribution in [0.25, 0.3) is 11.1 Å². The van der Waals surface area contributed by atoms with Crippen LogP contribution in [0.4, 0.5) is 0 Å². The number of halogens is 1. The number of nitrogens with one attached hydrogen (secondary N) is 1. The van der Waals surface area contributed by atoms with Crippen molar-refractivity contribution in [1.29, 1.82) is 5.26 Å². The quantitative estimate of drug-likeness (QED) is 0.799. The maximum Gasteiger partial charge on any atom is 0.101 e. The van der Waals surface area contributed by atoms with Gasteiger partial charge in [0.05, 0.1) is 16.8 Å². The predicted molar refractivity (Wildman–Crippen MR) is 58.5 cm³/mol. The first-order valence-corrected chi connectivity index (χ1v) is 4.80. The molecule has 0 fully saturated rings. The number of hydrogen-bond acceptors (Lipinski definition) is 2. The van der Waals surface area contributed by atoms with E-state index in [2.05, 4.69) is 10.2 Å². The van der Waals surface area contributed by atoms with Crippen molar-refractivity contribution in [1.82, 2.24) is 10.2 Å². The van der Waals surface area contributed by atoms with Crippen LogP contribution in [0.2, 0.25) is 5.02 Å². The zero-order valence-corrected chi connectivity index (χ0v) is 8.84. The molecule has 4 heteroatoms. The van der Waals surface area contributed by atoms with Gasteiger partial charge in [-0.2, -0.15) is 10.4 Å². The van der Waals surface area contributed by atoms with Crippen LogP contribution >= 0.6 is 11.6 Å². The first-order chi connectivity index (χ1) is 7.22. The van der Waals surface area contributed by atoms with Gasteiger partial charge in [-0.25, -0.2) is 0 Å². The van der Waals surface area contributed by atoms with Crippen molar-refractivity contribution in [3.8, 4) is 17.2 Å². The Kier molecular flexibility index (Phi) is 2.44. The normalized spacial score (nSPS) is 9.93. The molecule has 0 unspecified atom stereocenters. The van der Waals surface area contributed by atoms with Crippen LogP contribution in [-0.2, 0) is 0 Å². The van der Waals surface area contributed by atoms with Gasteiger partial charge >= 0.3 is 0 Å². The van der Waals surface area contributed by atoms with Gasteiger partial charge in [0.25, 0.3) is 0 Å². The lowest BCUT2D eigenvalue weighted by atomic mass is 10.1. The molecule has 2 rings (SSSR count). The van der Waals surface area contributed by atoms with Crippen LogP contribution in [0, 0.1) is 18.3 Å². The highest BCUT2D eigenvalue weighted by atomic mass is 35.5. The van der Waals surface area contributed by atoms with Gasteiger partial charge in [-0.15, -0.1) is 0 Å². The third-order valence-corrected chi connectivity index (χ3v) is 2.54. The predicted octanol–water partition coefficient (Wildman–Crippen LogP) is 2.91. The highest BCUT2D eigenvalue weighted by Crippen LogP contribution is 2.26. The summed E-state index contributed by atoms with van der Waals surface area (Å²) in [7, 11) is 0. The number of hydrogen-bond donors (Lipinski definition) is 1. The molecule has 0 atom stereocenters. The highest BCUT2D eigenvalue weighted by molar-refractivity contribution is 6.32. The van der Waals surface area contributed by atoms with Gasteiger partial charge in [0.1, 0.15) is 6.07 Å². The molecule has 0 aliphatic heterocycles. The molecule has 0 saturated heterocycles. The van der Waals surface area contributed by atoms with Gasteiger partial charge in [0, 0.05) is 11.3 Å². The molecular formula is C11H8ClN3. The molecule has 0 aliphatic rings. The van der Waals surface area contributed by atoms with Crippen molar-refractivity contribution >= 4 is 11.6 Å². The lowest BCUT2D eigenvalue weighted by molar-refractivity contribution is 1.05. The van der Waals surface area contributed by atoms with E-state index in [1.807, 2.05) is 19.1 Å². The Balaban J connectivity index is 2.53. The first kappa shape index (κ1) is 9.75. The van der Waals surface area contributed by atoms with Crippen LogP contribution < -0.4 is 0 Å². The molecule has 1 heterocycles. The second-order valence-corrected chi connectivity index (χ2v) is 3.62. The number of nitrogens with zero attached hydrogens (tertiary/aromatic N) is 2. The third-order valence-electron chi connectivity index (χ3n) is 2.23. The maximum absolute atomic E-state index is 8.74. The zero-order chi connectivity index (χ0) is 10.8. The Labute approximate surface area is 92.3 Å². The molecule has 1 N–H and O–H groups in total. The molecule has 74 valence electrons. The van der Waals surface area contributed by atoms with E-state index < -0.39 is 0 Å². The highest BCUT2D eigenvalue weighted by Gasteiger charge is 2.06. The van der Waals surface area contributed by atoms with Crippen molar-refractivity contribution in [3.63, 3.8) is 0 Å². The Morgan fingerprint density at radius 2 is 2.27 bits per heavy atom. The summed E-state index contributed by atoms with van der Waals surface area (Å²) < 4.78 is 0. The molecule has 0 bridgehead atoms. The van der Waals surface area contributed by atoms with Crippen LogP contribution in [0.5, 0.6) is 0 Å². The average molecular weight is 218 g/mol. The van der Waals surface area contributed by atoms with Crippen molar-refractivity contribution in [2.45, 2.75) is 6.92 Å². The van der Waals surface area contributed by atoms with E-state index in [0.717, 1.165) is 16.8 Å². The number of aromatic amines is 1. The molecule has 0 spiro atoms. The van der Waals surface area contributed by atoms with E-state index in [9.17, 15) is 0 Å². The van der Waals surface area contributed by atoms with Crippen LogP contribution in [-0.4, -0.2) is 10.2 Å². The van der Waals surface area contributed by atoms with Gasteiger partial charge < -0.3 is 0 Å². The van der Waals surface area contributed by atoms with E-state index in [1.165, 1.54) is 0 Å². The van der Waals surface area contributed by atoms with E-state index in [1.54, 1.807) is 18.3 Å². The number of H-pyrrole nitrogens is 1. The number of nitriles is 1. The van der Waals surface area contributed by atoms with E-state index in [4.69, 9.17) is 16.9 Å². The van der Waals surface area contributed by atoms with E-state index in [0.29, 0.717) is 10.6 Å². The molecule has 1 aromatic heterocycles. The minimum Gasteiger partial charge on any atom is -0.282 e. The Morgan fingerprint density at radius 3 is 2.80 bits per heavy atom. The number of aromatic nitrogens is 2. The summed E-state index contributed by atoms with van der Waals surface area (Å²) in [4.78, 5) is 0. The van der Waals surface area contributed by atoms with Crippen molar-refractivity contribution in [2.24, 2.45) is 0 Å². The van der Waals surface area contributed by atoms with Gasteiger partial charge in [0.15, 0.2) is 0 Å². The minimum absolute atomic E-state index is 0.468.